The molecule has 1 N–H and O–H groups in total. The van der Waals surface area contributed by atoms with E-state index in [9.17, 15) is 18.0 Å². The molecule has 1 fully saturated rings. The summed E-state index contributed by atoms with van der Waals surface area (Å²) in [5.74, 6) is -1.29. The topological polar surface area (TPSA) is 96.0 Å². The van der Waals surface area contributed by atoms with Crippen molar-refractivity contribution in [2.75, 3.05) is 43.0 Å². The number of anilines is 2. The maximum absolute atomic E-state index is 12.6. The molecule has 32 heavy (non-hydrogen) atoms. The van der Waals surface area contributed by atoms with Gasteiger partial charge in [-0.25, -0.2) is 8.42 Å². The Morgan fingerprint density at radius 3 is 2.34 bits per heavy atom. The van der Waals surface area contributed by atoms with Gasteiger partial charge in [0, 0.05) is 37.6 Å². The van der Waals surface area contributed by atoms with E-state index in [0.717, 1.165) is 18.8 Å². The zero-order valence-corrected chi connectivity index (χ0v) is 20.0. The molecule has 1 aromatic carbocycles. The number of hydrogen-bond acceptors (Lipinski definition) is 7. The Kier molecular flexibility index (Phi) is 8.27. The van der Waals surface area contributed by atoms with Gasteiger partial charge in [-0.05, 0) is 62.4 Å². The van der Waals surface area contributed by atoms with Crippen molar-refractivity contribution in [3.8, 4) is 0 Å². The summed E-state index contributed by atoms with van der Waals surface area (Å²) >= 11 is 1.18. The van der Waals surface area contributed by atoms with Gasteiger partial charge < -0.3 is 15.0 Å². The quantitative estimate of drug-likeness (QED) is 0.555. The van der Waals surface area contributed by atoms with Gasteiger partial charge in [0.15, 0.2) is 6.61 Å². The average Bonchev–Trinajstić information content (AvgIpc) is 3.35. The first-order valence-corrected chi connectivity index (χ1v) is 13.0. The van der Waals surface area contributed by atoms with E-state index in [0.29, 0.717) is 22.7 Å². The molecule has 0 spiro atoms. The fourth-order valence-electron chi connectivity index (χ4n) is 3.67. The molecule has 0 unspecified atom stereocenters. The summed E-state index contributed by atoms with van der Waals surface area (Å²) in [7, 11) is -3.51. The SMILES string of the molecule is CCN(CC)c1ccc(NC(=O)COC(=O)C2CCN(S(=O)(=O)c3cccs3)CC2)cc1. The predicted molar refractivity (Wildman–Crippen MR) is 125 cm³/mol. The van der Waals surface area contributed by atoms with Crippen LogP contribution in [0, 0.1) is 5.92 Å². The zero-order chi connectivity index (χ0) is 23.1. The second-order valence-electron chi connectivity index (χ2n) is 7.49. The second kappa shape index (κ2) is 10.9. The minimum absolute atomic E-state index is 0.255. The molecule has 0 saturated carbocycles. The fourth-order valence-corrected chi connectivity index (χ4v) is 6.28. The van der Waals surface area contributed by atoms with E-state index < -0.39 is 27.8 Å². The zero-order valence-electron chi connectivity index (χ0n) is 18.3. The molecule has 1 saturated heterocycles. The number of esters is 1. The summed E-state index contributed by atoms with van der Waals surface area (Å²) in [6.45, 7) is 6.11. The number of nitrogens with one attached hydrogen (secondary N) is 1. The Labute approximate surface area is 193 Å². The van der Waals surface area contributed by atoms with Crippen molar-refractivity contribution in [3.63, 3.8) is 0 Å². The number of amides is 1. The van der Waals surface area contributed by atoms with Gasteiger partial charge in [-0.3, -0.25) is 9.59 Å². The molecular formula is C22H29N3O5S2. The molecule has 10 heteroatoms. The highest BCUT2D eigenvalue weighted by molar-refractivity contribution is 7.91. The van der Waals surface area contributed by atoms with Gasteiger partial charge in [0.2, 0.25) is 0 Å². The van der Waals surface area contributed by atoms with Gasteiger partial charge in [0.05, 0.1) is 5.92 Å². The summed E-state index contributed by atoms with van der Waals surface area (Å²) in [4.78, 5) is 26.7. The first-order chi connectivity index (χ1) is 15.3. The Balaban J connectivity index is 1.43. The number of hydrogen-bond donors (Lipinski definition) is 1. The number of carbonyl (C=O) groups excluding carboxylic acids is 2. The first kappa shape index (κ1) is 24.2. The lowest BCUT2D eigenvalue weighted by Gasteiger charge is -2.29. The Morgan fingerprint density at radius 1 is 1.12 bits per heavy atom. The van der Waals surface area contributed by atoms with Gasteiger partial charge in [-0.15, -0.1) is 11.3 Å². The average molecular weight is 480 g/mol. The van der Waals surface area contributed by atoms with Crippen LogP contribution in [0.15, 0.2) is 46.0 Å². The summed E-state index contributed by atoms with van der Waals surface area (Å²) in [5.41, 5.74) is 1.71. The molecule has 0 bridgehead atoms. The molecule has 1 aliphatic rings. The molecule has 174 valence electrons. The summed E-state index contributed by atoms with van der Waals surface area (Å²) in [5, 5.41) is 4.45. The third-order valence-corrected chi connectivity index (χ3v) is 8.77. The lowest BCUT2D eigenvalue weighted by molar-refractivity contribution is -0.152. The standard InChI is InChI=1S/C22H29N3O5S2/c1-3-24(4-2)19-9-7-18(8-10-19)23-20(26)16-30-22(27)17-11-13-25(14-12-17)32(28,29)21-6-5-15-31-21/h5-10,15,17H,3-4,11-14,16H2,1-2H3,(H,23,26). The van der Waals surface area contributed by atoms with Crippen LogP contribution in [0.4, 0.5) is 11.4 Å². The number of sulfonamides is 1. The second-order valence-corrected chi connectivity index (χ2v) is 10.6. The summed E-state index contributed by atoms with van der Waals surface area (Å²) in [6.07, 6.45) is 0.746. The molecule has 1 aliphatic heterocycles. The number of rotatable bonds is 9. The van der Waals surface area contributed by atoms with Crippen LogP contribution in [-0.2, 0) is 24.3 Å². The number of ether oxygens (including phenoxy) is 1. The molecule has 0 radical (unpaired) electrons. The highest BCUT2D eigenvalue weighted by Crippen LogP contribution is 2.27. The van der Waals surface area contributed by atoms with Crippen molar-refractivity contribution in [1.82, 2.24) is 4.31 Å². The van der Waals surface area contributed by atoms with E-state index in [1.54, 1.807) is 17.5 Å². The minimum Gasteiger partial charge on any atom is -0.455 e. The number of thiophene rings is 1. The van der Waals surface area contributed by atoms with Crippen molar-refractivity contribution in [2.24, 2.45) is 5.92 Å². The monoisotopic (exact) mass is 479 g/mol. The molecule has 1 aromatic heterocycles. The van der Waals surface area contributed by atoms with Gasteiger partial charge in [-0.1, -0.05) is 6.07 Å². The van der Waals surface area contributed by atoms with Crippen LogP contribution in [0.1, 0.15) is 26.7 Å². The number of piperidine rings is 1. The Morgan fingerprint density at radius 2 is 1.78 bits per heavy atom. The molecule has 0 aliphatic carbocycles. The summed E-state index contributed by atoms with van der Waals surface area (Å²) in [6, 6.07) is 10.8. The normalized spacial score (nSPS) is 15.3. The van der Waals surface area contributed by atoms with Gasteiger partial charge in [0.1, 0.15) is 4.21 Å². The molecule has 3 rings (SSSR count). The smallest absolute Gasteiger partial charge is 0.309 e. The van der Waals surface area contributed by atoms with Crippen molar-refractivity contribution in [3.05, 3.63) is 41.8 Å². The first-order valence-electron chi connectivity index (χ1n) is 10.7. The van der Waals surface area contributed by atoms with Crippen LogP contribution < -0.4 is 10.2 Å². The van der Waals surface area contributed by atoms with Crippen LogP contribution in [0.5, 0.6) is 0 Å². The van der Waals surface area contributed by atoms with Gasteiger partial charge in [0.25, 0.3) is 15.9 Å². The largest absolute Gasteiger partial charge is 0.455 e. The van der Waals surface area contributed by atoms with Crippen molar-refractivity contribution < 1.29 is 22.7 Å². The van der Waals surface area contributed by atoms with Gasteiger partial charge >= 0.3 is 5.97 Å². The van der Waals surface area contributed by atoms with Crippen LogP contribution in [-0.4, -0.2) is 57.4 Å². The van der Waals surface area contributed by atoms with Crippen molar-refractivity contribution in [1.29, 1.82) is 0 Å². The predicted octanol–water partition coefficient (Wildman–Crippen LogP) is 3.18. The van der Waals surface area contributed by atoms with Crippen LogP contribution >= 0.6 is 11.3 Å². The van der Waals surface area contributed by atoms with E-state index >= 15 is 0 Å². The third-order valence-electron chi connectivity index (χ3n) is 5.50. The maximum atomic E-state index is 12.6. The Hall–Kier alpha value is -2.43. The number of benzene rings is 1. The molecule has 1 amide bonds. The van der Waals surface area contributed by atoms with E-state index in [1.807, 2.05) is 24.3 Å². The number of nitrogens with zero attached hydrogens (tertiary/aromatic N) is 2. The highest BCUT2D eigenvalue weighted by atomic mass is 32.2. The maximum Gasteiger partial charge on any atom is 0.309 e. The minimum atomic E-state index is -3.51. The van der Waals surface area contributed by atoms with Crippen LogP contribution in [0.3, 0.4) is 0 Å². The lowest BCUT2D eigenvalue weighted by Crippen LogP contribution is -2.40. The Bertz CT molecular complexity index is 995. The van der Waals surface area contributed by atoms with E-state index in [-0.39, 0.29) is 19.7 Å². The molecule has 2 aromatic rings. The lowest BCUT2D eigenvalue weighted by atomic mass is 9.98. The van der Waals surface area contributed by atoms with Crippen molar-refractivity contribution in [2.45, 2.75) is 30.9 Å². The molecule has 8 nitrogen and oxygen atoms in total. The van der Waals surface area contributed by atoms with Gasteiger partial charge in [-0.2, -0.15) is 4.31 Å². The van der Waals surface area contributed by atoms with E-state index in [4.69, 9.17) is 4.74 Å². The fraction of sp³-hybridized carbons (Fsp3) is 0.455. The third kappa shape index (κ3) is 5.87. The van der Waals surface area contributed by atoms with E-state index in [2.05, 4.69) is 24.1 Å². The molecule has 2 heterocycles. The van der Waals surface area contributed by atoms with Crippen LogP contribution in [0.25, 0.3) is 0 Å². The van der Waals surface area contributed by atoms with E-state index in [1.165, 1.54) is 15.6 Å². The highest BCUT2D eigenvalue weighted by Gasteiger charge is 2.33. The van der Waals surface area contributed by atoms with Crippen LogP contribution in [0.2, 0.25) is 0 Å². The van der Waals surface area contributed by atoms with Crippen molar-refractivity contribution >= 4 is 44.6 Å². The number of carbonyl (C=O) groups is 2. The summed E-state index contributed by atoms with van der Waals surface area (Å²) < 4.78 is 32.0. The molecular weight excluding hydrogens is 450 g/mol. The molecule has 0 atom stereocenters.